The number of carbonyl (C=O) groups is 1. The maximum Gasteiger partial charge on any atom is 0.226 e. The Morgan fingerprint density at radius 1 is 1.04 bits per heavy atom. The van der Waals surface area contributed by atoms with Gasteiger partial charge in [-0.15, -0.1) is 0 Å². The smallest absolute Gasteiger partial charge is 0.226 e. The van der Waals surface area contributed by atoms with Crippen molar-refractivity contribution < 1.29 is 4.79 Å². The van der Waals surface area contributed by atoms with Crippen molar-refractivity contribution in [1.82, 2.24) is 14.9 Å². The predicted molar refractivity (Wildman–Crippen MR) is 111 cm³/mol. The summed E-state index contributed by atoms with van der Waals surface area (Å²) in [6.07, 6.45) is 5.91. The molecular weight excluding hydrogens is 370 g/mol. The molecular formula is C23H22ClN3O. The number of carbonyl (C=O) groups excluding carboxylic acids is 1. The minimum Gasteiger partial charge on any atom is -0.342 e. The van der Waals surface area contributed by atoms with E-state index >= 15 is 0 Å². The molecule has 142 valence electrons. The molecule has 0 aliphatic carbocycles. The highest BCUT2D eigenvalue weighted by Gasteiger charge is 2.25. The minimum atomic E-state index is 0.198. The van der Waals surface area contributed by atoms with E-state index in [1.54, 1.807) is 6.20 Å². The summed E-state index contributed by atoms with van der Waals surface area (Å²) in [4.78, 5) is 23.7. The second kappa shape index (κ2) is 8.53. The molecule has 0 radical (unpaired) electrons. The Labute approximate surface area is 170 Å². The predicted octanol–water partition coefficient (Wildman–Crippen LogP) is 4.75. The Balaban J connectivity index is 1.40. The molecule has 4 nitrogen and oxygen atoms in total. The van der Waals surface area contributed by atoms with E-state index in [2.05, 4.69) is 4.98 Å². The second-order valence-electron chi connectivity index (χ2n) is 7.16. The van der Waals surface area contributed by atoms with E-state index in [1.807, 2.05) is 65.7 Å². The molecule has 1 aliphatic rings. The van der Waals surface area contributed by atoms with Crippen LogP contribution in [0.3, 0.4) is 0 Å². The molecule has 1 aromatic heterocycles. The van der Waals surface area contributed by atoms with Gasteiger partial charge >= 0.3 is 0 Å². The topological polar surface area (TPSA) is 46.1 Å². The monoisotopic (exact) mass is 391 g/mol. The van der Waals surface area contributed by atoms with Crippen LogP contribution < -0.4 is 0 Å². The van der Waals surface area contributed by atoms with Crippen LogP contribution in [0.25, 0.3) is 11.3 Å². The maximum absolute atomic E-state index is 12.6. The summed E-state index contributed by atoms with van der Waals surface area (Å²) in [6, 6.07) is 17.6. The molecule has 1 aliphatic heterocycles. The van der Waals surface area contributed by atoms with E-state index < -0.39 is 0 Å². The average Bonchev–Trinajstić information content (AvgIpc) is 2.75. The first-order valence-electron chi connectivity index (χ1n) is 9.58. The van der Waals surface area contributed by atoms with E-state index in [4.69, 9.17) is 16.6 Å². The van der Waals surface area contributed by atoms with Crippen molar-refractivity contribution in [3.8, 4) is 11.3 Å². The third kappa shape index (κ3) is 4.39. The number of aromatic nitrogens is 2. The lowest BCUT2D eigenvalue weighted by molar-refractivity contribution is -0.131. The fourth-order valence-electron chi connectivity index (χ4n) is 3.67. The van der Waals surface area contributed by atoms with Crippen molar-refractivity contribution in [2.24, 2.45) is 0 Å². The quantitative estimate of drug-likeness (QED) is 0.645. The van der Waals surface area contributed by atoms with Crippen molar-refractivity contribution in [2.75, 3.05) is 13.1 Å². The van der Waals surface area contributed by atoms with Gasteiger partial charge in [-0.25, -0.2) is 4.98 Å². The molecule has 0 bridgehead atoms. The van der Waals surface area contributed by atoms with Gasteiger partial charge in [0.05, 0.1) is 24.0 Å². The number of likely N-dealkylation sites (tertiary alicyclic amines) is 1. The Hall–Kier alpha value is -2.72. The first-order chi connectivity index (χ1) is 13.7. The maximum atomic E-state index is 12.6. The summed E-state index contributed by atoms with van der Waals surface area (Å²) >= 11 is 6.10. The standard InChI is InChI=1S/C23H22ClN3O/c24-20-8-4-7-19(14-20)22-16-25-15-21(26-22)18-9-11-27(12-10-18)23(28)13-17-5-2-1-3-6-17/h1-8,14-16,18H,9-13H2. The average molecular weight is 392 g/mol. The fraction of sp³-hybridized carbons (Fsp3) is 0.261. The van der Waals surface area contributed by atoms with Gasteiger partial charge in [0, 0.05) is 35.8 Å². The van der Waals surface area contributed by atoms with Gasteiger partial charge in [-0.2, -0.15) is 0 Å². The van der Waals surface area contributed by atoms with E-state index in [0.29, 0.717) is 17.4 Å². The van der Waals surface area contributed by atoms with Gasteiger partial charge in [0.1, 0.15) is 0 Å². The molecule has 0 atom stereocenters. The lowest BCUT2D eigenvalue weighted by Gasteiger charge is -2.32. The lowest BCUT2D eigenvalue weighted by atomic mass is 9.93. The number of benzene rings is 2. The molecule has 3 aromatic rings. The molecule has 1 fully saturated rings. The molecule has 5 heteroatoms. The highest BCUT2D eigenvalue weighted by molar-refractivity contribution is 6.30. The lowest BCUT2D eigenvalue weighted by Crippen LogP contribution is -2.38. The van der Waals surface area contributed by atoms with Gasteiger partial charge in [-0.05, 0) is 30.5 Å². The summed E-state index contributed by atoms with van der Waals surface area (Å²) in [6.45, 7) is 1.53. The van der Waals surface area contributed by atoms with Crippen molar-refractivity contribution in [2.45, 2.75) is 25.2 Å². The number of piperidine rings is 1. The molecule has 1 amide bonds. The number of amides is 1. The molecule has 0 spiro atoms. The van der Waals surface area contributed by atoms with Gasteiger partial charge < -0.3 is 4.90 Å². The number of nitrogens with zero attached hydrogens (tertiary/aromatic N) is 3. The van der Waals surface area contributed by atoms with E-state index in [0.717, 1.165) is 48.4 Å². The Morgan fingerprint density at radius 3 is 2.57 bits per heavy atom. The van der Waals surface area contributed by atoms with Crippen molar-refractivity contribution in [3.05, 3.63) is 83.3 Å². The van der Waals surface area contributed by atoms with Gasteiger partial charge in [0.25, 0.3) is 0 Å². The summed E-state index contributed by atoms with van der Waals surface area (Å²) in [7, 11) is 0. The first-order valence-corrected chi connectivity index (χ1v) is 9.96. The third-order valence-electron chi connectivity index (χ3n) is 5.24. The zero-order valence-corrected chi connectivity index (χ0v) is 16.3. The fourth-order valence-corrected chi connectivity index (χ4v) is 3.86. The zero-order chi connectivity index (χ0) is 19.3. The number of hydrogen-bond donors (Lipinski definition) is 0. The van der Waals surface area contributed by atoms with Crippen molar-refractivity contribution in [1.29, 1.82) is 0 Å². The van der Waals surface area contributed by atoms with Crippen LogP contribution in [0.1, 0.15) is 30.0 Å². The van der Waals surface area contributed by atoms with Crippen LogP contribution >= 0.6 is 11.6 Å². The Morgan fingerprint density at radius 2 is 1.82 bits per heavy atom. The van der Waals surface area contributed by atoms with Crippen molar-refractivity contribution >= 4 is 17.5 Å². The molecule has 1 saturated heterocycles. The van der Waals surface area contributed by atoms with Crippen molar-refractivity contribution in [3.63, 3.8) is 0 Å². The summed E-state index contributed by atoms with van der Waals surface area (Å²) in [5.74, 6) is 0.524. The van der Waals surface area contributed by atoms with Crippen LogP contribution in [0.4, 0.5) is 0 Å². The molecule has 4 rings (SSSR count). The molecule has 0 N–H and O–H groups in total. The van der Waals surface area contributed by atoms with Gasteiger partial charge in [0.15, 0.2) is 0 Å². The zero-order valence-electron chi connectivity index (χ0n) is 15.6. The third-order valence-corrected chi connectivity index (χ3v) is 5.47. The van der Waals surface area contributed by atoms with Crippen LogP contribution in [0.2, 0.25) is 5.02 Å². The van der Waals surface area contributed by atoms with E-state index in [9.17, 15) is 4.79 Å². The largest absolute Gasteiger partial charge is 0.342 e. The second-order valence-corrected chi connectivity index (χ2v) is 7.59. The number of halogens is 1. The summed E-state index contributed by atoms with van der Waals surface area (Å²) in [5.41, 5.74) is 3.86. The molecule has 0 unspecified atom stereocenters. The van der Waals surface area contributed by atoms with E-state index in [1.165, 1.54) is 0 Å². The van der Waals surface area contributed by atoms with Crippen LogP contribution in [0, 0.1) is 0 Å². The highest BCUT2D eigenvalue weighted by Crippen LogP contribution is 2.28. The highest BCUT2D eigenvalue weighted by atomic mass is 35.5. The van der Waals surface area contributed by atoms with Crippen LogP contribution in [0.5, 0.6) is 0 Å². The molecule has 28 heavy (non-hydrogen) atoms. The molecule has 2 aromatic carbocycles. The summed E-state index contributed by atoms with van der Waals surface area (Å²) < 4.78 is 0. The number of rotatable bonds is 4. The van der Waals surface area contributed by atoms with Crippen LogP contribution in [-0.2, 0) is 11.2 Å². The van der Waals surface area contributed by atoms with Gasteiger partial charge in [-0.1, -0.05) is 54.1 Å². The normalized spacial score (nSPS) is 14.8. The SMILES string of the molecule is O=C(Cc1ccccc1)N1CCC(c2cncc(-c3cccc(Cl)c3)n2)CC1. The Kier molecular flexibility index (Phi) is 5.68. The number of hydrogen-bond acceptors (Lipinski definition) is 3. The minimum absolute atomic E-state index is 0.198. The Bertz CT molecular complexity index is 953. The van der Waals surface area contributed by atoms with Gasteiger partial charge in [-0.3, -0.25) is 9.78 Å². The van der Waals surface area contributed by atoms with E-state index in [-0.39, 0.29) is 5.91 Å². The first kappa shape index (κ1) is 18.6. The molecule has 0 saturated carbocycles. The van der Waals surface area contributed by atoms with Crippen LogP contribution in [-0.4, -0.2) is 33.9 Å². The summed E-state index contributed by atoms with van der Waals surface area (Å²) in [5, 5.41) is 0.690. The molecule has 2 heterocycles. The van der Waals surface area contributed by atoms with Gasteiger partial charge in [0.2, 0.25) is 5.91 Å². The van der Waals surface area contributed by atoms with Crippen LogP contribution in [0.15, 0.2) is 67.0 Å².